The van der Waals surface area contributed by atoms with Crippen molar-refractivity contribution in [3.63, 3.8) is 0 Å². The molecule has 2 heterocycles. The lowest BCUT2D eigenvalue weighted by Crippen LogP contribution is -3.14. The van der Waals surface area contributed by atoms with Gasteiger partial charge in [-0.15, -0.1) is 0 Å². The van der Waals surface area contributed by atoms with Crippen LogP contribution in [0.15, 0.2) is 23.0 Å². The Balaban J connectivity index is 1.48. The largest absolute Gasteiger partial charge is 0.370 e. The zero-order valence-electron chi connectivity index (χ0n) is 12.2. The Labute approximate surface area is 133 Å². The minimum Gasteiger partial charge on any atom is -0.370 e. The number of hydrogen-bond acceptors (Lipinski definition) is 3. The highest BCUT2D eigenvalue weighted by atomic mass is 32.1. The first-order valence-corrected chi connectivity index (χ1v) is 7.80. The molecule has 1 aromatic heterocycles. The highest BCUT2D eigenvalue weighted by Gasteiger charge is 2.12. The molecule has 0 unspecified atom stereocenters. The summed E-state index contributed by atoms with van der Waals surface area (Å²) in [4.78, 5) is 18.2. The van der Waals surface area contributed by atoms with Gasteiger partial charge in [0.05, 0.1) is 37.3 Å². The van der Waals surface area contributed by atoms with Crippen LogP contribution in [0.5, 0.6) is 0 Å². The van der Waals surface area contributed by atoms with Gasteiger partial charge in [-0.25, -0.2) is 4.79 Å². The molecule has 7 nitrogen and oxygen atoms in total. The van der Waals surface area contributed by atoms with E-state index < -0.39 is 0 Å². The molecule has 1 saturated heterocycles. The molecule has 0 saturated carbocycles. The van der Waals surface area contributed by atoms with Gasteiger partial charge in [-0.3, -0.25) is 0 Å². The average Bonchev–Trinajstić information content (AvgIpc) is 2.87. The Morgan fingerprint density at radius 2 is 2.05 bits per heavy atom. The summed E-state index contributed by atoms with van der Waals surface area (Å²) >= 11 is 5.29. The zero-order valence-corrected chi connectivity index (χ0v) is 13.0. The summed E-state index contributed by atoms with van der Waals surface area (Å²) in [6, 6.07) is 5.58. The number of aromatic amines is 2. The van der Waals surface area contributed by atoms with Gasteiger partial charge >= 0.3 is 5.69 Å². The summed E-state index contributed by atoms with van der Waals surface area (Å²) in [6.07, 6.45) is 0. The van der Waals surface area contributed by atoms with Crippen LogP contribution in [-0.2, 0) is 4.74 Å². The van der Waals surface area contributed by atoms with Gasteiger partial charge in [0.25, 0.3) is 0 Å². The van der Waals surface area contributed by atoms with Crippen molar-refractivity contribution < 1.29 is 9.64 Å². The van der Waals surface area contributed by atoms with Crippen molar-refractivity contribution in [2.45, 2.75) is 0 Å². The number of rotatable bonds is 4. The Morgan fingerprint density at radius 3 is 2.86 bits per heavy atom. The van der Waals surface area contributed by atoms with Crippen LogP contribution >= 0.6 is 12.2 Å². The van der Waals surface area contributed by atoms with Crippen LogP contribution in [0.3, 0.4) is 0 Å². The van der Waals surface area contributed by atoms with E-state index in [9.17, 15) is 4.79 Å². The van der Waals surface area contributed by atoms with Crippen molar-refractivity contribution in [3.8, 4) is 0 Å². The molecule has 0 spiro atoms. The Kier molecular flexibility index (Phi) is 4.71. The number of benzene rings is 1. The number of quaternary nitrogens is 1. The first-order chi connectivity index (χ1) is 10.7. The van der Waals surface area contributed by atoms with Crippen LogP contribution in [0, 0.1) is 0 Å². The zero-order chi connectivity index (χ0) is 15.4. The quantitative estimate of drug-likeness (QED) is 0.469. The summed E-state index contributed by atoms with van der Waals surface area (Å²) in [5, 5.41) is 6.93. The van der Waals surface area contributed by atoms with Crippen molar-refractivity contribution in [1.82, 2.24) is 15.3 Å². The molecular weight excluding hydrogens is 302 g/mol. The summed E-state index contributed by atoms with van der Waals surface area (Å²) in [6.45, 7) is 5.64. The third-order valence-corrected chi connectivity index (χ3v) is 3.98. The number of aromatic nitrogens is 2. The van der Waals surface area contributed by atoms with Gasteiger partial charge < -0.3 is 30.2 Å². The maximum absolute atomic E-state index is 11.2. The van der Waals surface area contributed by atoms with E-state index in [-0.39, 0.29) is 5.69 Å². The minimum atomic E-state index is -0.207. The molecular formula is C14H20N5O2S+. The molecule has 0 atom stereocenters. The summed E-state index contributed by atoms with van der Waals surface area (Å²) in [5.41, 5.74) is 2.18. The van der Waals surface area contributed by atoms with E-state index in [2.05, 4.69) is 20.6 Å². The van der Waals surface area contributed by atoms with Gasteiger partial charge in [0, 0.05) is 5.69 Å². The van der Waals surface area contributed by atoms with E-state index in [0.717, 1.165) is 56.1 Å². The number of nitrogens with one attached hydrogen (secondary N) is 5. The van der Waals surface area contributed by atoms with Crippen LogP contribution in [-0.4, -0.2) is 54.5 Å². The lowest BCUT2D eigenvalue weighted by atomic mass is 10.3. The van der Waals surface area contributed by atoms with Gasteiger partial charge in [-0.1, -0.05) is 0 Å². The molecule has 1 aliphatic rings. The van der Waals surface area contributed by atoms with Gasteiger partial charge in [0.1, 0.15) is 13.1 Å². The van der Waals surface area contributed by atoms with Crippen LogP contribution in [0.1, 0.15) is 0 Å². The SMILES string of the molecule is O=c1[nH]c2ccc(NC(=S)NCC[NH+]3CCOCC3)cc2[nH]1. The van der Waals surface area contributed by atoms with E-state index in [4.69, 9.17) is 17.0 Å². The number of imidazole rings is 1. The molecule has 22 heavy (non-hydrogen) atoms. The van der Waals surface area contributed by atoms with E-state index in [1.165, 1.54) is 4.90 Å². The second-order valence-corrected chi connectivity index (χ2v) is 5.74. The van der Waals surface area contributed by atoms with E-state index in [0.29, 0.717) is 5.11 Å². The van der Waals surface area contributed by atoms with E-state index in [1.807, 2.05) is 18.2 Å². The number of H-pyrrole nitrogens is 2. The van der Waals surface area contributed by atoms with E-state index >= 15 is 0 Å². The number of morpholine rings is 1. The fourth-order valence-electron chi connectivity index (χ4n) is 2.55. The first-order valence-electron chi connectivity index (χ1n) is 7.39. The molecule has 3 rings (SSSR count). The lowest BCUT2D eigenvalue weighted by molar-refractivity contribution is -0.906. The van der Waals surface area contributed by atoms with Gasteiger partial charge in [0.2, 0.25) is 0 Å². The normalized spacial score (nSPS) is 15.8. The van der Waals surface area contributed by atoms with Gasteiger partial charge in [0.15, 0.2) is 5.11 Å². The molecule has 0 radical (unpaired) electrons. The Hall–Kier alpha value is -1.90. The lowest BCUT2D eigenvalue weighted by Gasteiger charge is -2.24. The smallest absolute Gasteiger partial charge is 0.323 e. The van der Waals surface area contributed by atoms with Crippen LogP contribution in [0.25, 0.3) is 11.0 Å². The predicted octanol–water partition coefficient (Wildman–Crippen LogP) is -0.942. The molecule has 0 aliphatic carbocycles. The molecule has 118 valence electrons. The molecule has 2 aromatic rings. The monoisotopic (exact) mass is 322 g/mol. The fourth-order valence-corrected chi connectivity index (χ4v) is 2.77. The standard InChI is InChI=1S/C14H19N5O2S/c20-13-17-11-2-1-10(9-12(11)18-13)16-14(22)15-3-4-19-5-7-21-8-6-19/h1-2,9H,3-8H2,(H2,15,16,22)(H2,17,18,20)/p+1. The summed E-state index contributed by atoms with van der Waals surface area (Å²) in [5.74, 6) is 0. The molecule has 0 bridgehead atoms. The van der Waals surface area contributed by atoms with Crippen molar-refractivity contribution in [2.24, 2.45) is 0 Å². The van der Waals surface area contributed by atoms with E-state index in [1.54, 1.807) is 0 Å². The van der Waals surface area contributed by atoms with Crippen LogP contribution < -0.4 is 21.2 Å². The first kappa shape index (κ1) is 15.0. The Morgan fingerprint density at radius 1 is 1.27 bits per heavy atom. The predicted molar refractivity (Wildman–Crippen MR) is 89.5 cm³/mol. The Bertz CT molecular complexity index is 705. The number of hydrogen-bond donors (Lipinski definition) is 5. The van der Waals surface area contributed by atoms with Gasteiger partial charge in [-0.2, -0.15) is 0 Å². The van der Waals surface area contributed by atoms with Crippen LogP contribution in [0.2, 0.25) is 0 Å². The average molecular weight is 322 g/mol. The second kappa shape index (κ2) is 6.91. The maximum Gasteiger partial charge on any atom is 0.323 e. The second-order valence-electron chi connectivity index (χ2n) is 5.33. The number of anilines is 1. The minimum absolute atomic E-state index is 0.207. The maximum atomic E-state index is 11.2. The molecule has 1 aliphatic heterocycles. The third-order valence-electron chi connectivity index (χ3n) is 3.74. The number of fused-ring (bicyclic) bond motifs is 1. The van der Waals surface area contributed by atoms with Gasteiger partial charge in [-0.05, 0) is 30.4 Å². The van der Waals surface area contributed by atoms with Crippen molar-refractivity contribution >= 4 is 34.1 Å². The number of ether oxygens (including phenoxy) is 1. The van der Waals surface area contributed by atoms with Crippen molar-refractivity contribution in [3.05, 3.63) is 28.7 Å². The highest BCUT2D eigenvalue weighted by molar-refractivity contribution is 7.80. The summed E-state index contributed by atoms with van der Waals surface area (Å²) in [7, 11) is 0. The molecule has 0 amide bonds. The molecule has 8 heteroatoms. The third kappa shape index (κ3) is 3.85. The summed E-state index contributed by atoms with van der Waals surface area (Å²) < 4.78 is 5.34. The fraction of sp³-hybridized carbons (Fsp3) is 0.429. The topological polar surface area (TPSA) is 86.4 Å². The highest BCUT2D eigenvalue weighted by Crippen LogP contribution is 2.14. The van der Waals surface area contributed by atoms with Crippen molar-refractivity contribution in [2.75, 3.05) is 44.7 Å². The molecule has 1 fully saturated rings. The van der Waals surface area contributed by atoms with Crippen LogP contribution in [0.4, 0.5) is 5.69 Å². The molecule has 5 N–H and O–H groups in total. The molecule has 1 aromatic carbocycles. The number of thiocarbonyl (C=S) groups is 1. The van der Waals surface area contributed by atoms with Crippen molar-refractivity contribution in [1.29, 1.82) is 0 Å².